The van der Waals surface area contributed by atoms with Crippen molar-refractivity contribution in [3.05, 3.63) is 65.4 Å². The molecule has 2 N–H and O–H groups in total. The van der Waals surface area contributed by atoms with E-state index in [2.05, 4.69) is 34.5 Å². The first-order valence-corrected chi connectivity index (χ1v) is 7.07. The molecule has 0 fully saturated rings. The number of H-pyrrole nitrogens is 1. The number of benzene rings is 2. The molecule has 0 saturated carbocycles. The van der Waals surface area contributed by atoms with Crippen LogP contribution in [0.25, 0.3) is 11.1 Å². The summed E-state index contributed by atoms with van der Waals surface area (Å²) in [5.41, 5.74) is 4.29. The normalized spacial score (nSPS) is 10.5. The van der Waals surface area contributed by atoms with Gasteiger partial charge in [0, 0.05) is 0 Å². The lowest BCUT2D eigenvalue weighted by atomic mass is 10.00. The Balaban J connectivity index is 1.72. The molecule has 116 valence electrons. The van der Waals surface area contributed by atoms with Crippen molar-refractivity contribution >= 4 is 5.97 Å². The van der Waals surface area contributed by atoms with E-state index in [0.29, 0.717) is 0 Å². The van der Waals surface area contributed by atoms with Gasteiger partial charge in [0.2, 0.25) is 5.69 Å². The molecular formula is C17H15N3O3. The Labute approximate surface area is 132 Å². The maximum absolute atomic E-state index is 10.9. The quantitative estimate of drug-likeness (QED) is 0.756. The molecule has 6 nitrogen and oxygen atoms in total. The zero-order valence-electron chi connectivity index (χ0n) is 12.5. The van der Waals surface area contributed by atoms with E-state index in [1.54, 1.807) is 0 Å². The standard InChI is InChI=1S/C17H15N3O3/c1-11-4-2-3-5-14(11)13-8-6-12(7-9-13)10-23-16-15(17(21)22)18-20-19-16/h2-9H,10H2,1H3,(H,21,22)(H,18,19,20). The number of ether oxygens (including phenoxy) is 1. The van der Waals surface area contributed by atoms with Crippen LogP contribution in [0.1, 0.15) is 21.6 Å². The molecule has 23 heavy (non-hydrogen) atoms. The molecule has 0 aliphatic rings. The highest BCUT2D eigenvalue weighted by Crippen LogP contribution is 2.23. The summed E-state index contributed by atoms with van der Waals surface area (Å²) in [4.78, 5) is 10.9. The average molecular weight is 309 g/mol. The highest BCUT2D eigenvalue weighted by molar-refractivity contribution is 5.87. The summed E-state index contributed by atoms with van der Waals surface area (Å²) in [6, 6.07) is 16.1. The molecule has 3 rings (SSSR count). The second-order valence-corrected chi connectivity index (χ2v) is 5.10. The predicted molar refractivity (Wildman–Crippen MR) is 84.3 cm³/mol. The third-order valence-corrected chi connectivity index (χ3v) is 3.52. The zero-order chi connectivity index (χ0) is 16.2. The smallest absolute Gasteiger partial charge is 0.359 e. The third kappa shape index (κ3) is 3.21. The molecule has 0 amide bonds. The SMILES string of the molecule is Cc1ccccc1-c1ccc(COc2nn[nH]c2C(=O)O)cc1. The number of nitrogens with one attached hydrogen (secondary N) is 1. The molecule has 0 spiro atoms. The van der Waals surface area contributed by atoms with Gasteiger partial charge in [0.25, 0.3) is 5.88 Å². The minimum atomic E-state index is -1.15. The number of aromatic nitrogens is 3. The van der Waals surface area contributed by atoms with Crippen LogP contribution in [0.4, 0.5) is 0 Å². The van der Waals surface area contributed by atoms with Crippen LogP contribution < -0.4 is 4.74 Å². The second kappa shape index (κ2) is 6.31. The summed E-state index contributed by atoms with van der Waals surface area (Å²) in [7, 11) is 0. The maximum atomic E-state index is 10.9. The van der Waals surface area contributed by atoms with E-state index in [1.165, 1.54) is 11.1 Å². The number of hydrogen-bond donors (Lipinski definition) is 2. The van der Waals surface area contributed by atoms with Crippen LogP contribution in [0.3, 0.4) is 0 Å². The van der Waals surface area contributed by atoms with Crippen molar-refractivity contribution in [2.45, 2.75) is 13.5 Å². The fourth-order valence-electron chi connectivity index (χ4n) is 2.29. The number of carboxylic acid groups (broad SMARTS) is 1. The average Bonchev–Trinajstić information content (AvgIpc) is 3.03. The van der Waals surface area contributed by atoms with Crippen LogP contribution in [0.5, 0.6) is 5.88 Å². The Morgan fingerprint density at radius 2 is 1.91 bits per heavy atom. The Kier molecular flexibility index (Phi) is 4.05. The van der Waals surface area contributed by atoms with E-state index >= 15 is 0 Å². The molecule has 3 aromatic rings. The summed E-state index contributed by atoms with van der Waals surface area (Å²) in [6.45, 7) is 2.30. The fraction of sp³-hybridized carbons (Fsp3) is 0.118. The van der Waals surface area contributed by atoms with Crippen molar-refractivity contribution in [2.75, 3.05) is 0 Å². The highest BCUT2D eigenvalue weighted by atomic mass is 16.5. The summed E-state index contributed by atoms with van der Waals surface area (Å²) < 4.78 is 5.41. The van der Waals surface area contributed by atoms with E-state index in [9.17, 15) is 4.79 Å². The van der Waals surface area contributed by atoms with Crippen LogP contribution in [0.15, 0.2) is 48.5 Å². The lowest BCUT2D eigenvalue weighted by Gasteiger charge is -2.08. The molecule has 0 bridgehead atoms. The Bertz CT molecular complexity index is 825. The Morgan fingerprint density at radius 1 is 1.17 bits per heavy atom. The van der Waals surface area contributed by atoms with E-state index in [4.69, 9.17) is 9.84 Å². The van der Waals surface area contributed by atoms with Crippen molar-refractivity contribution in [2.24, 2.45) is 0 Å². The van der Waals surface area contributed by atoms with Gasteiger partial charge in [-0.15, -0.1) is 0 Å². The van der Waals surface area contributed by atoms with Crippen LogP contribution in [0.2, 0.25) is 0 Å². The molecule has 0 aliphatic carbocycles. The van der Waals surface area contributed by atoms with Crippen molar-refractivity contribution in [3.63, 3.8) is 0 Å². The Hall–Kier alpha value is -3.15. The van der Waals surface area contributed by atoms with Gasteiger partial charge in [-0.3, -0.25) is 0 Å². The first-order valence-electron chi connectivity index (χ1n) is 7.07. The Morgan fingerprint density at radius 3 is 2.61 bits per heavy atom. The number of aryl methyl sites for hydroxylation is 1. The summed E-state index contributed by atoms with van der Waals surface area (Å²) >= 11 is 0. The van der Waals surface area contributed by atoms with Crippen LogP contribution in [0, 0.1) is 6.92 Å². The maximum Gasteiger partial charge on any atom is 0.359 e. The van der Waals surface area contributed by atoms with E-state index < -0.39 is 5.97 Å². The van der Waals surface area contributed by atoms with E-state index in [-0.39, 0.29) is 18.2 Å². The molecule has 0 atom stereocenters. The van der Waals surface area contributed by atoms with Crippen molar-refractivity contribution in [1.29, 1.82) is 0 Å². The van der Waals surface area contributed by atoms with Gasteiger partial charge in [-0.25, -0.2) is 9.89 Å². The predicted octanol–water partition coefficient (Wildman–Crippen LogP) is 3.06. The van der Waals surface area contributed by atoms with E-state index in [1.807, 2.05) is 36.4 Å². The molecular weight excluding hydrogens is 294 g/mol. The van der Waals surface area contributed by atoms with Crippen molar-refractivity contribution in [3.8, 4) is 17.0 Å². The van der Waals surface area contributed by atoms with Gasteiger partial charge in [0.15, 0.2) is 0 Å². The fourth-order valence-corrected chi connectivity index (χ4v) is 2.29. The van der Waals surface area contributed by atoms with Gasteiger partial charge in [-0.2, -0.15) is 0 Å². The lowest BCUT2D eigenvalue weighted by molar-refractivity contribution is 0.0685. The first kappa shape index (κ1) is 14.8. The van der Waals surface area contributed by atoms with Gasteiger partial charge in [-0.05, 0) is 29.2 Å². The van der Waals surface area contributed by atoms with Crippen molar-refractivity contribution in [1.82, 2.24) is 15.4 Å². The van der Waals surface area contributed by atoms with Crippen LogP contribution in [-0.4, -0.2) is 26.5 Å². The van der Waals surface area contributed by atoms with Crippen molar-refractivity contribution < 1.29 is 14.6 Å². The first-order chi connectivity index (χ1) is 11.1. The van der Waals surface area contributed by atoms with Gasteiger partial charge in [0.05, 0.1) is 0 Å². The number of nitrogens with zero attached hydrogens (tertiary/aromatic N) is 2. The monoisotopic (exact) mass is 309 g/mol. The molecule has 2 aromatic carbocycles. The summed E-state index contributed by atoms with van der Waals surface area (Å²) in [5, 5.41) is 18.3. The summed E-state index contributed by atoms with van der Waals surface area (Å²) in [6.07, 6.45) is 0. The van der Waals surface area contributed by atoms with Gasteiger partial charge < -0.3 is 9.84 Å². The van der Waals surface area contributed by atoms with Gasteiger partial charge >= 0.3 is 5.97 Å². The molecule has 0 saturated heterocycles. The number of aromatic carboxylic acids is 1. The number of rotatable bonds is 5. The number of carboxylic acids is 1. The molecule has 0 aliphatic heterocycles. The molecule has 1 aromatic heterocycles. The van der Waals surface area contributed by atoms with Gasteiger partial charge in [0.1, 0.15) is 6.61 Å². The minimum absolute atomic E-state index is 0.0134. The largest absolute Gasteiger partial charge is 0.476 e. The summed E-state index contributed by atoms with van der Waals surface area (Å²) in [5.74, 6) is -1.17. The third-order valence-electron chi connectivity index (χ3n) is 3.52. The highest BCUT2D eigenvalue weighted by Gasteiger charge is 2.15. The van der Waals surface area contributed by atoms with Gasteiger partial charge in [-0.1, -0.05) is 58.8 Å². The number of hydrogen-bond acceptors (Lipinski definition) is 4. The zero-order valence-corrected chi connectivity index (χ0v) is 12.5. The topological polar surface area (TPSA) is 88.1 Å². The molecule has 0 unspecified atom stereocenters. The van der Waals surface area contributed by atoms with E-state index in [0.717, 1.165) is 11.1 Å². The lowest BCUT2D eigenvalue weighted by Crippen LogP contribution is -2.03. The second-order valence-electron chi connectivity index (χ2n) is 5.10. The number of carbonyl (C=O) groups is 1. The minimum Gasteiger partial charge on any atom is -0.476 e. The van der Waals surface area contributed by atoms with Crippen LogP contribution in [-0.2, 0) is 6.61 Å². The molecule has 1 heterocycles. The molecule has 0 radical (unpaired) electrons. The number of aromatic amines is 1. The molecule has 6 heteroatoms. The van der Waals surface area contributed by atoms with Crippen LogP contribution >= 0.6 is 0 Å².